The van der Waals surface area contributed by atoms with Gasteiger partial charge in [0.1, 0.15) is 5.75 Å². The van der Waals surface area contributed by atoms with Crippen molar-refractivity contribution >= 4 is 17.3 Å². The summed E-state index contributed by atoms with van der Waals surface area (Å²) in [7, 11) is 3.46. The van der Waals surface area contributed by atoms with E-state index in [2.05, 4.69) is 39.0 Å². The largest absolute Gasteiger partial charge is 0.496 e. The van der Waals surface area contributed by atoms with Crippen LogP contribution in [-0.2, 0) is 13.1 Å². The molecule has 0 aromatic carbocycles. The van der Waals surface area contributed by atoms with E-state index < -0.39 is 0 Å². The molecule has 0 amide bonds. The zero-order valence-electron chi connectivity index (χ0n) is 14.4. The number of pyridine rings is 1. The number of aryl methyl sites for hydroxylation is 2. The third-order valence-corrected chi connectivity index (χ3v) is 4.80. The Bertz CT molecular complexity index is 694. The Morgan fingerprint density at radius 1 is 1.22 bits per heavy atom. The third kappa shape index (κ3) is 4.22. The number of nitrogens with zero attached hydrogens (tertiary/aromatic N) is 2. The van der Waals surface area contributed by atoms with E-state index in [9.17, 15) is 0 Å². The molecule has 0 saturated carbocycles. The highest BCUT2D eigenvalue weighted by Gasteiger charge is 2.10. The maximum absolute atomic E-state index is 5.45. The summed E-state index contributed by atoms with van der Waals surface area (Å²) in [4.78, 5) is 10.1. The van der Waals surface area contributed by atoms with Gasteiger partial charge in [-0.1, -0.05) is 0 Å². The summed E-state index contributed by atoms with van der Waals surface area (Å²) >= 11 is 1.75. The molecule has 0 radical (unpaired) electrons. The molecule has 0 saturated heterocycles. The van der Waals surface area contributed by atoms with Gasteiger partial charge in [-0.3, -0.25) is 9.98 Å². The van der Waals surface area contributed by atoms with Crippen molar-refractivity contribution in [2.75, 3.05) is 14.2 Å². The molecule has 2 aromatic heterocycles. The number of ether oxygens (including phenoxy) is 1. The summed E-state index contributed by atoms with van der Waals surface area (Å²) in [5, 5.41) is 8.74. The van der Waals surface area contributed by atoms with Crippen LogP contribution in [0.2, 0.25) is 0 Å². The van der Waals surface area contributed by atoms with E-state index in [-0.39, 0.29) is 0 Å². The molecule has 124 valence electrons. The number of rotatable bonds is 5. The highest BCUT2D eigenvalue weighted by Crippen LogP contribution is 2.23. The van der Waals surface area contributed by atoms with Gasteiger partial charge >= 0.3 is 0 Å². The lowest BCUT2D eigenvalue weighted by molar-refractivity contribution is 0.406. The van der Waals surface area contributed by atoms with Crippen LogP contribution in [0.1, 0.15) is 27.3 Å². The fraction of sp³-hybridized carbons (Fsp3) is 0.412. The van der Waals surface area contributed by atoms with Gasteiger partial charge in [0.2, 0.25) is 0 Å². The van der Waals surface area contributed by atoms with Gasteiger partial charge in [0, 0.05) is 29.2 Å². The van der Waals surface area contributed by atoms with Crippen molar-refractivity contribution in [3.63, 3.8) is 0 Å². The minimum atomic E-state index is 0.603. The summed E-state index contributed by atoms with van der Waals surface area (Å²) in [6, 6.07) is 2.13. The van der Waals surface area contributed by atoms with Gasteiger partial charge in [-0.05, 0) is 37.8 Å². The quantitative estimate of drug-likeness (QED) is 0.653. The van der Waals surface area contributed by atoms with E-state index in [1.54, 1.807) is 25.5 Å². The molecule has 0 atom stereocenters. The SMILES string of the molecule is CN=C(NCc1ncc(C)c(OC)c1C)NCc1sccc1C. The third-order valence-electron chi connectivity index (χ3n) is 3.78. The van der Waals surface area contributed by atoms with Crippen LogP contribution >= 0.6 is 11.3 Å². The average Bonchev–Trinajstić information content (AvgIpc) is 2.95. The average molecular weight is 332 g/mol. The van der Waals surface area contributed by atoms with E-state index in [4.69, 9.17) is 4.74 Å². The van der Waals surface area contributed by atoms with E-state index >= 15 is 0 Å². The maximum Gasteiger partial charge on any atom is 0.191 e. The fourth-order valence-corrected chi connectivity index (χ4v) is 3.23. The lowest BCUT2D eigenvalue weighted by Gasteiger charge is -2.15. The van der Waals surface area contributed by atoms with Crippen LogP contribution in [0.3, 0.4) is 0 Å². The van der Waals surface area contributed by atoms with E-state index in [0.717, 1.165) is 35.1 Å². The Labute approximate surface area is 141 Å². The Morgan fingerprint density at radius 2 is 1.96 bits per heavy atom. The molecule has 5 nitrogen and oxygen atoms in total. The summed E-state index contributed by atoms with van der Waals surface area (Å²) < 4.78 is 5.45. The zero-order valence-corrected chi connectivity index (χ0v) is 15.2. The van der Waals surface area contributed by atoms with Gasteiger partial charge in [-0.25, -0.2) is 0 Å². The Balaban J connectivity index is 1.97. The molecule has 0 fully saturated rings. The lowest BCUT2D eigenvalue weighted by atomic mass is 10.1. The molecule has 2 aromatic rings. The molecule has 0 aliphatic carbocycles. The predicted molar refractivity (Wildman–Crippen MR) is 96.4 cm³/mol. The van der Waals surface area contributed by atoms with Crippen LogP contribution in [0.4, 0.5) is 0 Å². The number of thiophene rings is 1. The van der Waals surface area contributed by atoms with Crippen molar-refractivity contribution in [2.24, 2.45) is 4.99 Å². The maximum atomic E-state index is 5.45. The van der Waals surface area contributed by atoms with E-state index in [0.29, 0.717) is 6.54 Å². The first-order valence-electron chi connectivity index (χ1n) is 7.53. The lowest BCUT2D eigenvalue weighted by Crippen LogP contribution is -2.36. The van der Waals surface area contributed by atoms with Crippen LogP contribution < -0.4 is 15.4 Å². The van der Waals surface area contributed by atoms with Gasteiger partial charge in [0.15, 0.2) is 5.96 Å². The molecule has 2 N–H and O–H groups in total. The number of guanidine groups is 1. The first-order chi connectivity index (χ1) is 11.1. The number of hydrogen-bond donors (Lipinski definition) is 2. The van der Waals surface area contributed by atoms with Crippen LogP contribution in [0.15, 0.2) is 22.6 Å². The van der Waals surface area contributed by atoms with Crippen molar-refractivity contribution < 1.29 is 4.74 Å². The predicted octanol–water partition coefficient (Wildman–Crippen LogP) is 2.94. The van der Waals surface area contributed by atoms with Gasteiger partial charge in [0.25, 0.3) is 0 Å². The van der Waals surface area contributed by atoms with Gasteiger partial charge in [-0.15, -0.1) is 11.3 Å². The van der Waals surface area contributed by atoms with Crippen molar-refractivity contribution in [1.82, 2.24) is 15.6 Å². The molecule has 0 unspecified atom stereocenters. The van der Waals surface area contributed by atoms with Gasteiger partial charge in [0.05, 0.1) is 25.9 Å². The topological polar surface area (TPSA) is 58.5 Å². The minimum Gasteiger partial charge on any atom is -0.496 e. The van der Waals surface area contributed by atoms with E-state index in [1.807, 2.05) is 20.0 Å². The normalized spacial score (nSPS) is 11.4. The number of nitrogens with one attached hydrogen (secondary N) is 2. The van der Waals surface area contributed by atoms with Gasteiger partial charge < -0.3 is 15.4 Å². The second kappa shape index (κ2) is 7.97. The number of aromatic nitrogens is 1. The second-order valence-electron chi connectivity index (χ2n) is 5.35. The first kappa shape index (κ1) is 17.3. The second-order valence-corrected chi connectivity index (χ2v) is 6.35. The molecule has 0 bridgehead atoms. The number of methoxy groups -OCH3 is 1. The summed E-state index contributed by atoms with van der Waals surface area (Å²) in [6.07, 6.45) is 1.84. The highest BCUT2D eigenvalue weighted by atomic mass is 32.1. The van der Waals surface area contributed by atoms with Crippen molar-refractivity contribution in [3.8, 4) is 5.75 Å². The van der Waals surface area contributed by atoms with Crippen molar-refractivity contribution in [2.45, 2.75) is 33.9 Å². The molecule has 0 spiro atoms. The zero-order chi connectivity index (χ0) is 16.8. The summed E-state index contributed by atoms with van der Waals surface area (Å²) in [6.45, 7) is 7.52. The molecule has 0 aliphatic rings. The van der Waals surface area contributed by atoms with Crippen LogP contribution in [0, 0.1) is 20.8 Å². The van der Waals surface area contributed by atoms with Crippen LogP contribution in [-0.4, -0.2) is 25.1 Å². The Morgan fingerprint density at radius 3 is 2.57 bits per heavy atom. The summed E-state index contributed by atoms with van der Waals surface area (Å²) in [5.74, 6) is 1.66. The molecular weight excluding hydrogens is 308 g/mol. The number of hydrogen-bond acceptors (Lipinski definition) is 4. The molecule has 2 rings (SSSR count). The highest BCUT2D eigenvalue weighted by molar-refractivity contribution is 7.10. The van der Waals surface area contributed by atoms with Crippen molar-refractivity contribution in [3.05, 3.63) is 44.9 Å². The Kier molecular flexibility index (Phi) is 5.98. The van der Waals surface area contributed by atoms with E-state index in [1.165, 1.54) is 10.4 Å². The first-order valence-corrected chi connectivity index (χ1v) is 8.41. The molecular formula is C17H24N4OS. The smallest absolute Gasteiger partial charge is 0.191 e. The standard InChI is InChI=1S/C17H24N4OS/c1-11-6-7-23-15(11)10-21-17(18-4)20-9-14-13(3)16(22-5)12(2)8-19-14/h6-8H,9-10H2,1-5H3,(H2,18,20,21). The van der Waals surface area contributed by atoms with Gasteiger partial charge in [-0.2, -0.15) is 0 Å². The molecule has 23 heavy (non-hydrogen) atoms. The van der Waals surface area contributed by atoms with Crippen LogP contribution in [0.5, 0.6) is 5.75 Å². The molecule has 0 aliphatic heterocycles. The summed E-state index contributed by atoms with van der Waals surface area (Å²) in [5.41, 5.74) is 4.37. The molecule has 6 heteroatoms. The monoisotopic (exact) mass is 332 g/mol. The number of aliphatic imine (C=N–C) groups is 1. The minimum absolute atomic E-state index is 0.603. The fourth-order valence-electron chi connectivity index (χ4n) is 2.39. The molecule has 2 heterocycles. The Hall–Kier alpha value is -2.08. The van der Waals surface area contributed by atoms with Crippen LogP contribution in [0.25, 0.3) is 0 Å². The van der Waals surface area contributed by atoms with Crippen molar-refractivity contribution in [1.29, 1.82) is 0 Å².